The van der Waals surface area contributed by atoms with Gasteiger partial charge in [-0.05, 0) is 19.1 Å². The third-order valence-electron chi connectivity index (χ3n) is 2.43. The average molecular weight is 236 g/mol. The summed E-state index contributed by atoms with van der Waals surface area (Å²) >= 11 is 0. The second kappa shape index (κ2) is 3.79. The highest BCUT2D eigenvalue weighted by Gasteiger charge is 2.30. The van der Waals surface area contributed by atoms with Crippen LogP contribution in [0.5, 0.6) is 0 Å². The van der Waals surface area contributed by atoms with Crippen LogP contribution >= 0.6 is 0 Å². The maximum atomic E-state index is 12.3. The molecule has 0 saturated carbocycles. The molecule has 16 heavy (non-hydrogen) atoms. The molecule has 4 heteroatoms. The van der Waals surface area contributed by atoms with Crippen LogP contribution in [0.2, 0.25) is 0 Å². The van der Waals surface area contributed by atoms with Crippen molar-refractivity contribution in [3.63, 3.8) is 0 Å². The van der Waals surface area contributed by atoms with Crippen LogP contribution in [0.15, 0.2) is 58.0 Å². The molecule has 0 fully saturated rings. The van der Waals surface area contributed by atoms with Gasteiger partial charge in [0.05, 0.1) is 4.90 Å². The van der Waals surface area contributed by atoms with Crippen molar-refractivity contribution in [2.24, 2.45) is 0 Å². The van der Waals surface area contributed by atoms with Crippen LogP contribution in [0.25, 0.3) is 0 Å². The predicted octanol–water partition coefficient (Wildman–Crippen LogP) is 2.28. The minimum Gasteiger partial charge on any atom is -0.492 e. The maximum absolute atomic E-state index is 12.3. The van der Waals surface area contributed by atoms with Crippen molar-refractivity contribution in [1.29, 1.82) is 0 Å². The summed E-state index contributed by atoms with van der Waals surface area (Å²) in [6.45, 7) is 5.62. The van der Waals surface area contributed by atoms with Gasteiger partial charge in [-0.1, -0.05) is 24.8 Å². The smallest absolute Gasteiger partial charge is 0.210 e. The van der Waals surface area contributed by atoms with Crippen LogP contribution in [0, 0.1) is 0 Å². The molecule has 1 heterocycles. The Hall–Kier alpha value is -1.55. The van der Waals surface area contributed by atoms with Crippen LogP contribution in [0.3, 0.4) is 0 Å². The molecule has 0 unspecified atom stereocenters. The zero-order valence-corrected chi connectivity index (χ0v) is 9.75. The van der Waals surface area contributed by atoms with E-state index in [0.29, 0.717) is 11.3 Å². The van der Waals surface area contributed by atoms with E-state index in [2.05, 4.69) is 6.58 Å². The summed E-state index contributed by atoms with van der Waals surface area (Å²) < 4.78 is 29.7. The average Bonchev–Trinajstić information content (AvgIpc) is 2.60. The summed E-state index contributed by atoms with van der Waals surface area (Å²) in [5, 5.41) is 0. The summed E-state index contributed by atoms with van der Waals surface area (Å²) in [5.41, 5.74) is 0.515. The molecular weight excluding hydrogens is 224 g/mol. The molecule has 1 aromatic carbocycles. The third kappa shape index (κ3) is 1.65. The number of rotatable bonds is 2. The number of ether oxygens (including phenoxy) is 1. The Morgan fingerprint density at radius 2 is 1.88 bits per heavy atom. The van der Waals surface area contributed by atoms with E-state index in [-0.39, 0.29) is 16.4 Å². The molecule has 1 aliphatic heterocycles. The molecular formula is C12H12O3S. The normalized spacial score (nSPS) is 16.4. The fourth-order valence-corrected chi connectivity index (χ4v) is 3.30. The standard InChI is InChI=1S/C12H12O3S/c1-9-8-15-10(2)12(9)16(13,14)11-6-4-3-5-7-11/h3-7H,1,8H2,2H3. The zero-order valence-electron chi connectivity index (χ0n) is 8.93. The van der Waals surface area contributed by atoms with Gasteiger partial charge >= 0.3 is 0 Å². The minimum absolute atomic E-state index is 0.221. The van der Waals surface area contributed by atoms with Gasteiger partial charge in [0.15, 0.2) is 0 Å². The van der Waals surface area contributed by atoms with Gasteiger partial charge < -0.3 is 4.74 Å². The molecule has 0 N–H and O–H groups in total. The summed E-state index contributed by atoms with van der Waals surface area (Å²) in [6.07, 6.45) is 0. The Morgan fingerprint density at radius 1 is 1.25 bits per heavy atom. The molecule has 0 amide bonds. The summed E-state index contributed by atoms with van der Waals surface area (Å²) in [4.78, 5) is 0.495. The Morgan fingerprint density at radius 3 is 2.38 bits per heavy atom. The largest absolute Gasteiger partial charge is 0.492 e. The van der Waals surface area contributed by atoms with E-state index in [0.717, 1.165) is 0 Å². The van der Waals surface area contributed by atoms with Gasteiger partial charge in [-0.3, -0.25) is 0 Å². The molecule has 0 atom stereocenters. The molecule has 0 radical (unpaired) electrons. The Kier molecular flexibility index (Phi) is 2.59. The van der Waals surface area contributed by atoms with E-state index in [1.807, 2.05) is 0 Å². The first kappa shape index (κ1) is 11.0. The minimum atomic E-state index is -3.48. The second-order valence-corrected chi connectivity index (χ2v) is 5.48. The van der Waals surface area contributed by atoms with Gasteiger partial charge in [0.2, 0.25) is 9.84 Å². The molecule has 2 rings (SSSR count). The van der Waals surface area contributed by atoms with Gasteiger partial charge in [0.1, 0.15) is 17.3 Å². The van der Waals surface area contributed by atoms with Crippen LogP contribution in [-0.4, -0.2) is 15.0 Å². The molecule has 3 nitrogen and oxygen atoms in total. The lowest BCUT2D eigenvalue weighted by atomic mass is 10.3. The van der Waals surface area contributed by atoms with Crippen LogP contribution < -0.4 is 0 Å². The lowest BCUT2D eigenvalue weighted by molar-refractivity contribution is 0.263. The molecule has 0 aromatic heterocycles. The SMILES string of the molecule is C=C1COC(C)=C1S(=O)(=O)c1ccccc1. The molecule has 0 spiro atoms. The van der Waals surface area contributed by atoms with Crippen molar-refractivity contribution >= 4 is 9.84 Å². The van der Waals surface area contributed by atoms with Crippen molar-refractivity contribution in [3.05, 3.63) is 53.1 Å². The summed E-state index contributed by atoms with van der Waals surface area (Å²) in [6, 6.07) is 8.31. The van der Waals surface area contributed by atoms with Crippen LogP contribution in [0.4, 0.5) is 0 Å². The lowest BCUT2D eigenvalue weighted by Crippen LogP contribution is -2.06. The Balaban J connectivity index is 2.57. The van der Waals surface area contributed by atoms with Crippen molar-refractivity contribution < 1.29 is 13.2 Å². The second-order valence-electron chi connectivity index (χ2n) is 3.59. The van der Waals surface area contributed by atoms with E-state index >= 15 is 0 Å². The highest BCUT2D eigenvalue weighted by Crippen LogP contribution is 2.32. The van der Waals surface area contributed by atoms with Crippen molar-refractivity contribution in [2.45, 2.75) is 11.8 Å². The van der Waals surface area contributed by atoms with Gasteiger partial charge in [0, 0.05) is 5.57 Å². The number of hydrogen-bond donors (Lipinski definition) is 0. The van der Waals surface area contributed by atoms with E-state index in [4.69, 9.17) is 4.74 Å². The number of hydrogen-bond acceptors (Lipinski definition) is 3. The summed E-state index contributed by atoms with van der Waals surface area (Å²) in [7, 11) is -3.48. The molecule has 84 valence electrons. The van der Waals surface area contributed by atoms with E-state index in [1.165, 1.54) is 0 Å². The highest BCUT2D eigenvalue weighted by molar-refractivity contribution is 7.95. The molecule has 0 aliphatic carbocycles. The van der Waals surface area contributed by atoms with Gasteiger partial charge in [-0.2, -0.15) is 0 Å². The van der Waals surface area contributed by atoms with Gasteiger partial charge in [-0.15, -0.1) is 0 Å². The van der Waals surface area contributed by atoms with Crippen molar-refractivity contribution in [2.75, 3.05) is 6.61 Å². The molecule has 1 aromatic rings. The third-order valence-corrected chi connectivity index (χ3v) is 4.43. The number of benzene rings is 1. The fraction of sp³-hybridized carbons (Fsp3) is 0.167. The first-order chi connectivity index (χ1) is 7.53. The first-order valence-corrected chi connectivity index (χ1v) is 6.34. The van der Waals surface area contributed by atoms with Crippen molar-refractivity contribution in [1.82, 2.24) is 0 Å². The molecule has 1 aliphatic rings. The number of allylic oxidation sites excluding steroid dienone is 1. The van der Waals surface area contributed by atoms with Crippen LogP contribution in [0.1, 0.15) is 6.92 Å². The van der Waals surface area contributed by atoms with Crippen LogP contribution in [-0.2, 0) is 14.6 Å². The van der Waals surface area contributed by atoms with E-state index < -0.39 is 9.84 Å². The predicted molar refractivity (Wildman–Crippen MR) is 61.4 cm³/mol. The first-order valence-electron chi connectivity index (χ1n) is 4.85. The Labute approximate surface area is 95.0 Å². The maximum Gasteiger partial charge on any atom is 0.210 e. The topological polar surface area (TPSA) is 43.4 Å². The molecule has 0 bridgehead atoms. The van der Waals surface area contributed by atoms with Gasteiger partial charge in [0.25, 0.3) is 0 Å². The monoisotopic (exact) mass is 236 g/mol. The van der Waals surface area contributed by atoms with E-state index in [1.54, 1.807) is 37.3 Å². The fourth-order valence-electron chi connectivity index (χ4n) is 1.67. The Bertz CT molecular complexity index is 553. The number of sulfone groups is 1. The zero-order chi connectivity index (χ0) is 11.8. The van der Waals surface area contributed by atoms with Crippen molar-refractivity contribution in [3.8, 4) is 0 Å². The highest BCUT2D eigenvalue weighted by atomic mass is 32.2. The molecule has 0 saturated heterocycles. The lowest BCUT2D eigenvalue weighted by Gasteiger charge is -2.05. The summed E-state index contributed by atoms with van der Waals surface area (Å²) in [5.74, 6) is 0.425. The quantitative estimate of drug-likeness (QED) is 0.791. The van der Waals surface area contributed by atoms with Gasteiger partial charge in [-0.25, -0.2) is 8.42 Å². The van der Waals surface area contributed by atoms with E-state index in [9.17, 15) is 8.42 Å².